The first kappa shape index (κ1) is 13.1. The molecule has 96 valence electrons. The smallest absolute Gasteiger partial charge is 0.185 e. The number of benzene rings is 1. The number of allylic oxidation sites excluding steroid dienone is 3. The number of furan rings is 1. The summed E-state index contributed by atoms with van der Waals surface area (Å²) in [6.45, 7) is 3.93. The number of hydrogen-bond donors (Lipinski definition) is 0. The highest BCUT2D eigenvalue weighted by Gasteiger charge is 2.00. The van der Waals surface area contributed by atoms with Crippen LogP contribution in [-0.4, -0.2) is 5.78 Å². The van der Waals surface area contributed by atoms with Crippen LogP contribution in [0.5, 0.6) is 0 Å². The van der Waals surface area contributed by atoms with Gasteiger partial charge in [0, 0.05) is 5.56 Å². The van der Waals surface area contributed by atoms with Crippen molar-refractivity contribution in [2.24, 2.45) is 0 Å². The van der Waals surface area contributed by atoms with Gasteiger partial charge >= 0.3 is 0 Å². The fraction of sp³-hybridized carbons (Fsp3) is 0.118. The van der Waals surface area contributed by atoms with Gasteiger partial charge in [0.2, 0.25) is 0 Å². The first-order valence-electron chi connectivity index (χ1n) is 6.16. The van der Waals surface area contributed by atoms with Gasteiger partial charge in [-0.05, 0) is 43.7 Å². The van der Waals surface area contributed by atoms with Crippen LogP contribution < -0.4 is 0 Å². The maximum Gasteiger partial charge on any atom is 0.185 e. The summed E-state index contributed by atoms with van der Waals surface area (Å²) < 4.78 is 5.21. The number of rotatable bonds is 4. The number of carbonyl (C=O) groups excluding carboxylic acids is 1. The van der Waals surface area contributed by atoms with Gasteiger partial charge in [-0.1, -0.05) is 35.9 Å². The molecule has 0 amide bonds. The molecule has 2 nitrogen and oxygen atoms in total. The molecule has 0 radical (unpaired) electrons. The van der Waals surface area contributed by atoms with Crippen LogP contribution in [0.15, 0.2) is 64.8 Å². The highest BCUT2D eigenvalue weighted by Crippen LogP contribution is 2.09. The molecule has 0 saturated carbocycles. The Hall–Kier alpha value is -2.35. The molecule has 0 bridgehead atoms. The molecule has 1 aromatic heterocycles. The van der Waals surface area contributed by atoms with Gasteiger partial charge in [-0.15, -0.1) is 0 Å². The number of carbonyl (C=O) groups is 1. The van der Waals surface area contributed by atoms with E-state index in [1.54, 1.807) is 18.4 Å². The molecule has 2 rings (SSSR count). The summed E-state index contributed by atoms with van der Waals surface area (Å²) in [4.78, 5) is 11.9. The molecule has 0 N–H and O–H groups in total. The Morgan fingerprint density at radius 3 is 2.47 bits per heavy atom. The zero-order valence-corrected chi connectivity index (χ0v) is 11.1. The fourth-order valence-corrected chi connectivity index (χ4v) is 1.67. The summed E-state index contributed by atoms with van der Waals surface area (Å²) in [5.41, 5.74) is 2.82. The lowest BCUT2D eigenvalue weighted by Gasteiger charge is -1.97. The number of aryl methyl sites for hydroxylation is 1. The molecule has 2 heteroatoms. The molecule has 0 unspecified atom stereocenters. The van der Waals surface area contributed by atoms with E-state index >= 15 is 0 Å². The van der Waals surface area contributed by atoms with Crippen molar-refractivity contribution in [3.8, 4) is 0 Å². The quantitative estimate of drug-likeness (QED) is 0.457. The van der Waals surface area contributed by atoms with Crippen molar-refractivity contribution in [2.45, 2.75) is 13.8 Å². The lowest BCUT2D eigenvalue weighted by atomic mass is 10.1. The van der Waals surface area contributed by atoms with Gasteiger partial charge in [0.15, 0.2) is 5.78 Å². The van der Waals surface area contributed by atoms with Crippen LogP contribution in [0.25, 0.3) is 6.08 Å². The fourth-order valence-electron chi connectivity index (χ4n) is 1.67. The SMILES string of the molecule is CC(/C=C/C(=O)c1ccc(C)cc1)=C\c1ccco1. The molecule has 0 aliphatic carbocycles. The van der Waals surface area contributed by atoms with Crippen LogP contribution in [0.2, 0.25) is 0 Å². The average molecular weight is 252 g/mol. The third-order valence-corrected chi connectivity index (χ3v) is 2.75. The highest BCUT2D eigenvalue weighted by molar-refractivity contribution is 6.04. The first-order valence-corrected chi connectivity index (χ1v) is 6.16. The second-order valence-electron chi connectivity index (χ2n) is 4.47. The Morgan fingerprint density at radius 2 is 1.84 bits per heavy atom. The Bertz CT molecular complexity index is 599. The Morgan fingerprint density at radius 1 is 1.11 bits per heavy atom. The van der Waals surface area contributed by atoms with Crippen LogP contribution >= 0.6 is 0 Å². The van der Waals surface area contributed by atoms with E-state index in [4.69, 9.17) is 4.42 Å². The maximum absolute atomic E-state index is 11.9. The number of hydrogen-bond acceptors (Lipinski definition) is 2. The largest absolute Gasteiger partial charge is 0.465 e. The second kappa shape index (κ2) is 6.01. The molecular weight excluding hydrogens is 236 g/mol. The molecule has 0 spiro atoms. The van der Waals surface area contributed by atoms with E-state index in [0.717, 1.165) is 16.9 Å². The van der Waals surface area contributed by atoms with E-state index in [-0.39, 0.29) is 5.78 Å². The van der Waals surface area contributed by atoms with Crippen LogP contribution in [0, 0.1) is 6.92 Å². The molecule has 0 aliphatic rings. The second-order valence-corrected chi connectivity index (χ2v) is 4.47. The predicted octanol–water partition coefficient (Wildman–Crippen LogP) is 4.43. The molecule has 1 aromatic carbocycles. The molecular formula is C17H16O2. The Kier molecular flexibility index (Phi) is 4.14. The van der Waals surface area contributed by atoms with E-state index < -0.39 is 0 Å². The van der Waals surface area contributed by atoms with Crippen molar-refractivity contribution < 1.29 is 9.21 Å². The lowest BCUT2D eigenvalue weighted by molar-refractivity contribution is 0.104. The van der Waals surface area contributed by atoms with Crippen molar-refractivity contribution >= 4 is 11.9 Å². The van der Waals surface area contributed by atoms with Gasteiger partial charge in [-0.25, -0.2) is 0 Å². The summed E-state index contributed by atoms with van der Waals surface area (Å²) in [6, 6.07) is 11.3. The van der Waals surface area contributed by atoms with Crippen molar-refractivity contribution in [2.75, 3.05) is 0 Å². The summed E-state index contributed by atoms with van der Waals surface area (Å²) in [5.74, 6) is 0.789. The third-order valence-electron chi connectivity index (χ3n) is 2.75. The number of ketones is 1. The standard InChI is InChI=1S/C17H16O2/c1-13-5-8-15(9-6-13)17(18)10-7-14(2)12-16-4-3-11-19-16/h3-12H,1-2H3/b10-7+,14-12+. The summed E-state index contributed by atoms with van der Waals surface area (Å²) >= 11 is 0. The predicted molar refractivity (Wildman–Crippen MR) is 77.0 cm³/mol. The van der Waals surface area contributed by atoms with E-state index in [1.165, 1.54) is 0 Å². The molecule has 1 heterocycles. The third kappa shape index (κ3) is 3.81. The van der Waals surface area contributed by atoms with E-state index in [0.29, 0.717) is 5.56 Å². The van der Waals surface area contributed by atoms with Crippen molar-refractivity contribution in [1.82, 2.24) is 0 Å². The topological polar surface area (TPSA) is 30.2 Å². The molecule has 19 heavy (non-hydrogen) atoms. The summed E-state index contributed by atoms with van der Waals surface area (Å²) in [5, 5.41) is 0. The molecule has 2 aromatic rings. The zero-order valence-electron chi connectivity index (χ0n) is 11.1. The van der Waals surface area contributed by atoms with Gasteiger partial charge in [0.1, 0.15) is 5.76 Å². The van der Waals surface area contributed by atoms with Crippen molar-refractivity contribution in [3.63, 3.8) is 0 Å². The van der Waals surface area contributed by atoms with Crippen molar-refractivity contribution in [1.29, 1.82) is 0 Å². The molecule has 0 fully saturated rings. The van der Waals surface area contributed by atoms with Gasteiger partial charge in [-0.3, -0.25) is 4.79 Å². The van der Waals surface area contributed by atoms with Gasteiger partial charge in [-0.2, -0.15) is 0 Å². The van der Waals surface area contributed by atoms with Crippen LogP contribution in [0.4, 0.5) is 0 Å². The minimum Gasteiger partial charge on any atom is -0.465 e. The Balaban J connectivity index is 2.06. The lowest BCUT2D eigenvalue weighted by Crippen LogP contribution is -1.93. The molecule has 0 saturated heterocycles. The molecule has 0 aliphatic heterocycles. The van der Waals surface area contributed by atoms with Gasteiger partial charge in [0.25, 0.3) is 0 Å². The molecule has 0 atom stereocenters. The minimum atomic E-state index is 0.00666. The highest BCUT2D eigenvalue weighted by atomic mass is 16.3. The summed E-state index contributed by atoms with van der Waals surface area (Å²) in [7, 11) is 0. The van der Waals surface area contributed by atoms with Gasteiger partial charge < -0.3 is 4.42 Å². The van der Waals surface area contributed by atoms with Crippen LogP contribution in [-0.2, 0) is 0 Å². The Labute approximate surface area is 113 Å². The van der Waals surface area contributed by atoms with E-state index in [1.807, 2.05) is 56.3 Å². The summed E-state index contributed by atoms with van der Waals surface area (Å²) in [6.07, 6.45) is 6.89. The van der Waals surface area contributed by atoms with Crippen molar-refractivity contribution in [3.05, 3.63) is 77.3 Å². The first-order chi connectivity index (χ1) is 9.15. The van der Waals surface area contributed by atoms with E-state index in [9.17, 15) is 4.79 Å². The van der Waals surface area contributed by atoms with E-state index in [2.05, 4.69) is 0 Å². The van der Waals surface area contributed by atoms with Crippen LogP contribution in [0.3, 0.4) is 0 Å². The normalized spacial score (nSPS) is 12.0. The minimum absolute atomic E-state index is 0.00666. The van der Waals surface area contributed by atoms with Gasteiger partial charge in [0.05, 0.1) is 6.26 Å². The maximum atomic E-state index is 11.9. The average Bonchev–Trinajstić information content (AvgIpc) is 2.89. The van der Waals surface area contributed by atoms with Crippen LogP contribution in [0.1, 0.15) is 28.6 Å². The monoisotopic (exact) mass is 252 g/mol. The zero-order chi connectivity index (χ0) is 13.7.